The fourth-order valence-electron chi connectivity index (χ4n) is 1.69. The Kier molecular flexibility index (Phi) is 2.15. The second-order valence-electron chi connectivity index (χ2n) is 3.35. The Labute approximate surface area is 98.7 Å². The molecule has 0 bridgehead atoms. The van der Waals surface area contributed by atoms with Crippen molar-refractivity contribution in [2.75, 3.05) is 4.31 Å². The molecular formula is C12H9NS2. The van der Waals surface area contributed by atoms with Crippen LogP contribution in [-0.2, 0) is 0 Å². The van der Waals surface area contributed by atoms with Gasteiger partial charge in [0.2, 0.25) is 0 Å². The number of para-hydroxylation sites is 2. The average molecular weight is 231 g/mol. The molecule has 0 fully saturated rings. The molecule has 0 aliphatic carbocycles. The minimum atomic E-state index is 1.16. The van der Waals surface area contributed by atoms with Crippen molar-refractivity contribution in [3.8, 4) is 0 Å². The van der Waals surface area contributed by atoms with Crippen LogP contribution in [-0.4, -0.2) is 0 Å². The van der Waals surface area contributed by atoms with Gasteiger partial charge in [0.05, 0.1) is 11.4 Å². The van der Waals surface area contributed by atoms with Gasteiger partial charge < -0.3 is 0 Å². The van der Waals surface area contributed by atoms with Crippen molar-refractivity contribution < 1.29 is 0 Å². The molecule has 0 unspecified atom stereocenters. The molecule has 1 heterocycles. The van der Waals surface area contributed by atoms with Crippen LogP contribution in [0, 0.1) is 0 Å². The lowest BCUT2D eigenvalue weighted by Gasteiger charge is -2.27. The van der Waals surface area contributed by atoms with Gasteiger partial charge in [-0.05, 0) is 24.3 Å². The number of rotatable bonds is 0. The van der Waals surface area contributed by atoms with Gasteiger partial charge in [0.1, 0.15) is 0 Å². The van der Waals surface area contributed by atoms with Crippen molar-refractivity contribution in [1.29, 1.82) is 0 Å². The molecule has 0 atom stereocenters. The van der Waals surface area contributed by atoms with Crippen LogP contribution < -0.4 is 4.31 Å². The molecule has 3 rings (SSSR count). The highest BCUT2D eigenvalue weighted by atomic mass is 32.2. The number of nitrogens with zero attached hydrogens (tertiary/aromatic N) is 1. The lowest BCUT2D eigenvalue weighted by Crippen LogP contribution is -2.07. The molecule has 74 valence electrons. The van der Waals surface area contributed by atoms with Crippen molar-refractivity contribution >= 4 is 36.0 Å². The zero-order valence-electron chi connectivity index (χ0n) is 7.92. The minimum Gasteiger partial charge on any atom is -0.285 e. The lowest BCUT2D eigenvalue weighted by atomic mass is 10.2. The van der Waals surface area contributed by atoms with Gasteiger partial charge in [0.25, 0.3) is 0 Å². The van der Waals surface area contributed by atoms with Gasteiger partial charge in [-0.3, -0.25) is 4.31 Å². The van der Waals surface area contributed by atoms with Gasteiger partial charge in [0.15, 0.2) is 0 Å². The van der Waals surface area contributed by atoms with Crippen molar-refractivity contribution in [2.45, 2.75) is 9.79 Å². The number of anilines is 2. The topological polar surface area (TPSA) is 3.24 Å². The summed E-state index contributed by atoms with van der Waals surface area (Å²) < 4.78 is 1.95. The first-order chi connectivity index (χ1) is 7.36. The maximum absolute atomic E-state index is 4.54. The van der Waals surface area contributed by atoms with E-state index in [0.717, 1.165) is 11.4 Å². The number of fused-ring (bicyclic) bond motifs is 2. The quantitative estimate of drug-likeness (QED) is 0.679. The van der Waals surface area contributed by atoms with Crippen molar-refractivity contribution in [3.63, 3.8) is 0 Å². The van der Waals surface area contributed by atoms with E-state index >= 15 is 0 Å². The van der Waals surface area contributed by atoms with E-state index in [9.17, 15) is 0 Å². The zero-order chi connectivity index (χ0) is 10.3. The molecule has 0 spiro atoms. The number of thiol groups is 1. The standard InChI is InChI=1S/C12H9NS2/c14-13-9-5-1-3-7-11(9)15-12-8-4-2-6-10(12)13/h1-8,14H. The largest absolute Gasteiger partial charge is 0.285 e. The summed E-state index contributed by atoms with van der Waals surface area (Å²) >= 11 is 6.34. The minimum absolute atomic E-state index is 1.16. The molecule has 0 amide bonds. The van der Waals surface area contributed by atoms with Gasteiger partial charge in [-0.1, -0.05) is 48.8 Å². The summed E-state index contributed by atoms with van der Waals surface area (Å²) in [7, 11) is 0. The molecule has 1 aliphatic rings. The maximum atomic E-state index is 4.54. The summed E-state index contributed by atoms with van der Waals surface area (Å²) in [6.07, 6.45) is 0. The van der Waals surface area contributed by atoms with Crippen LogP contribution in [0.5, 0.6) is 0 Å². The fourth-order valence-corrected chi connectivity index (χ4v) is 3.23. The second kappa shape index (κ2) is 3.51. The second-order valence-corrected chi connectivity index (χ2v) is 4.83. The van der Waals surface area contributed by atoms with Crippen LogP contribution in [0.15, 0.2) is 58.3 Å². The zero-order valence-corrected chi connectivity index (χ0v) is 9.63. The van der Waals surface area contributed by atoms with Gasteiger partial charge in [0, 0.05) is 9.79 Å². The Bertz CT molecular complexity index is 465. The van der Waals surface area contributed by atoms with Crippen molar-refractivity contribution in [3.05, 3.63) is 48.5 Å². The average Bonchev–Trinajstić information content (AvgIpc) is 2.30. The van der Waals surface area contributed by atoms with E-state index in [1.807, 2.05) is 16.4 Å². The van der Waals surface area contributed by atoms with E-state index in [4.69, 9.17) is 0 Å². The fraction of sp³-hybridized carbons (Fsp3) is 0. The van der Waals surface area contributed by atoms with E-state index in [-0.39, 0.29) is 0 Å². The highest BCUT2D eigenvalue weighted by Gasteiger charge is 2.19. The van der Waals surface area contributed by atoms with Gasteiger partial charge in [-0.2, -0.15) is 0 Å². The van der Waals surface area contributed by atoms with Crippen LogP contribution in [0.3, 0.4) is 0 Å². The molecular weight excluding hydrogens is 222 g/mol. The predicted molar refractivity (Wildman–Crippen MR) is 68.1 cm³/mol. The molecule has 15 heavy (non-hydrogen) atoms. The molecule has 2 aromatic rings. The third-order valence-electron chi connectivity index (χ3n) is 2.41. The van der Waals surface area contributed by atoms with Crippen LogP contribution in [0.1, 0.15) is 0 Å². The Morgan fingerprint density at radius 3 is 1.80 bits per heavy atom. The molecule has 0 radical (unpaired) electrons. The van der Waals surface area contributed by atoms with E-state index in [0.29, 0.717) is 0 Å². The highest BCUT2D eigenvalue weighted by Crippen LogP contribution is 2.48. The molecule has 0 N–H and O–H groups in total. The van der Waals surface area contributed by atoms with Crippen LogP contribution in [0.4, 0.5) is 11.4 Å². The van der Waals surface area contributed by atoms with Crippen molar-refractivity contribution in [2.24, 2.45) is 0 Å². The van der Waals surface area contributed by atoms with E-state index in [1.54, 1.807) is 11.8 Å². The Morgan fingerprint density at radius 2 is 1.27 bits per heavy atom. The first-order valence-electron chi connectivity index (χ1n) is 4.71. The van der Waals surface area contributed by atoms with E-state index in [2.05, 4.69) is 49.2 Å². The summed E-state index contributed by atoms with van der Waals surface area (Å²) in [6, 6.07) is 16.6. The molecule has 0 saturated carbocycles. The van der Waals surface area contributed by atoms with Gasteiger partial charge in [-0.25, -0.2) is 0 Å². The monoisotopic (exact) mass is 231 g/mol. The maximum Gasteiger partial charge on any atom is 0.0662 e. The third-order valence-corrected chi connectivity index (χ3v) is 3.97. The van der Waals surface area contributed by atoms with Gasteiger partial charge in [-0.15, -0.1) is 0 Å². The Hall–Kier alpha value is -1.06. The molecule has 1 aliphatic heterocycles. The first-order valence-corrected chi connectivity index (χ1v) is 5.93. The van der Waals surface area contributed by atoms with Crippen LogP contribution in [0.25, 0.3) is 0 Å². The molecule has 1 nitrogen and oxygen atoms in total. The van der Waals surface area contributed by atoms with E-state index < -0.39 is 0 Å². The molecule has 3 heteroatoms. The van der Waals surface area contributed by atoms with Crippen LogP contribution in [0.2, 0.25) is 0 Å². The molecule has 2 aromatic carbocycles. The van der Waals surface area contributed by atoms with Crippen molar-refractivity contribution in [1.82, 2.24) is 0 Å². The van der Waals surface area contributed by atoms with E-state index in [1.165, 1.54) is 9.79 Å². The van der Waals surface area contributed by atoms with Gasteiger partial charge >= 0.3 is 0 Å². The van der Waals surface area contributed by atoms with Crippen LogP contribution >= 0.6 is 24.6 Å². The third kappa shape index (κ3) is 1.43. The smallest absolute Gasteiger partial charge is 0.0662 e. The summed E-state index contributed by atoms with van der Waals surface area (Å²) in [5.74, 6) is 0. The predicted octanol–water partition coefficient (Wildman–Crippen LogP) is 4.13. The number of hydrogen-bond donors (Lipinski definition) is 1. The number of benzene rings is 2. The normalized spacial score (nSPS) is 13.3. The SMILES string of the molecule is SN1c2ccccc2Sc2ccccc21. The number of hydrogen-bond acceptors (Lipinski definition) is 3. The summed E-state index contributed by atoms with van der Waals surface area (Å²) in [5.41, 5.74) is 2.31. The highest BCUT2D eigenvalue weighted by molar-refractivity contribution is 8.00. The summed E-state index contributed by atoms with van der Waals surface area (Å²) in [6.45, 7) is 0. The molecule has 0 saturated heterocycles. The summed E-state index contributed by atoms with van der Waals surface area (Å²) in [4.78, 5) is 2.51. The lowest BCUT2D eigenvalue weighted by molar-refractivity contribution is 1.25. The first kappa shape index (κ1) is 9.19. The Morgan fingerprint density at radius 1 is 0.800 bits per heavy atom. The summed E-state index contributed by atoms with van der Waals surface area (Å²) in [5, 5.41) is 0. The Balaban J connectivity index is 2.20. The molecule has 0 aromatic heterocycles.